The Morgan fingerprint density at radius 2 is 1.95 bits per heavy atom. The summed E-state index contributed by atoms with van der Waals surface area (Å²) < 4.78 is 0.732. The predicted octanol–water partition coefficient (Wildman–Crippen LogP) is 3.30. The van der Waals surface area contributed by atoms with Gasteiger partial charge in [-0.15, -0.1) is 0 Å². The van der Waals surface area contributed by atoms with Crippen LogP contribution in [0.25, 0.3) is 0 Å². The van der Waals surface area contributed by atoms with Crippen molar-refractivity contribution in [1.82, 2.24) is 4.90 Å². The molecule has 4 nitrogen and oxygen atoms in total. The first kappa shape index (κ1) is 15.1. The second kappa shape index (κ2) is 6.42. The summed E-state index contributed by atoms with van der Waals surface area (Å²) in [6.45, 7) is 0.399. The lowest BCUT2D eigenvalue weighted by atomic mass is 10.1. The van der Waals surface area contributed by atoms with Gasteiger partial charge in [-0.3, -0.25) is 4.79 Å². The summed E-state index contributed by atoms with van der Waals surface area (Å²) >= 11 is 3.28. The number of nitrogens with zero attached hydrogens (tertiary/aromatic N) is 2. The van der Waals surface area contributed by atoms with E-state index in [2.05, 4.69) is 22.0 Å². The number of amides is 1. The number of benzene rings is 2. The molecule has 21 heavy (non-hydrogen) atoms. The highest BCUT2D eigenvalue weighted by atomic mass is 79.9. The second-order valence-corrected chi connectivity index (χ2v) is 5.55. The van der Waals surface area contributed by atoms with Crippen molar-refractivity contribution in [2.24, 2.45) is 0 Å². The van der Waals surface area contributed by atoms with E-state index in [1.807, 2.05) is 12.1 Å². The van der Waals surface area contributed by atoms with Crippen molar-refractivity contribution in [2.75, 3.05) is 7.05 Å². The van der Waals surface area contributed by atoms with E-state index in [1.54, 1.807) is 31.3 Å². The number of phenols is 1. The van der Waals surface area contributed by atoms with E-state index in [1.165, 1.54) is 11.0 Å². The van der Waals surface area contributed by atoms with Crippen molar-refractivity contribution < 1.29 is 9.90 Å². The van der Waals surface area contributed by atoms with Gasteiger partial charge in [-0.2, -0.15) is 5.26 Å². The highest BCUT2D eigenvalue weighted by Gasteiger charge is 2.16. The lowest BCUT2D eigenvalue weighted by molar-refractivity contribution is 0.0782. The van der Waals surface area contributed by atoms with Crippen LogP contribution < -0.4 is 0 Å². The van der Waals surface area contributed by atoms with Crippen LogP contribution in [0.3, 0.4) is 0 Å². The number of nitriles is 1. The number of carbonyl (C=O) groups is 1. The van der Waals surface area contributed by atoms with Gasteiger partial charge in [0.2, 0.25) is 0 Å². The summed E-state index contributed by atoms with van der Waals surface area (Å²) in [5.74, 6) is -0.312. The van der Waals surface area contributed by atoms with E-state index in [4.69, 9.17) is 5.26 Å². The number of carbonyl (C=O) groups excluding carboxylic acids is 1. The van der Waals surface area contributed by atoms with Crippen LogP contribution in [0.4, 0.5) is 0 Å². The average molecular weight is 345 g/mol. The number of hydrogen-bond acceptors (Lipinski definition) is 3. The Balaban J connectivity index is 2.15. The van der Waals surface area contributed by atoms with Crippen LogP contribution in [-0.2, 0) is 6.54 Å². The summed E-state index contributed by atoms with van der Waals surface area (Å²) in [4.78, 5) is 13.9. The molecule has 0 saturated heterocycles. The van der Waals surface area contributed by atoms with Crippen molar-refractivity contribution in [3.63, 3.8) is 0 Å². The molecule has 0 atom stereocenters. The Morgan fingerprint density at radius 1 is 1.29 bits per heavy atom. The zero-order valence-corrected chi connectivity index (χ0v) is 13.0. The minimum absolute atomic E-state index is 0.0464. The molecule has 1 N–H and O–H groups in total. The van der Waals surface area contributed by atoms with Crippen LogP contribution in [0.15, 0.2) is 46.9 Å². The van der Waals surface area contributed by atoms with Crippen LogP contribution in [-0.4, -0.2) is 23.0 Å². The Morgan fingerprint density at radius 3 is 2.57 bits per heavy atom. The summed E-state index contributed by atoms with van der Waals surface area (Å²) in [7, 11) is 1.67. The van der Waals surface area contributed by atoms with Crippen molar-refractivity contribution in [1.29, 1.82) is 5.26 Å². The quantitative estimate of drug-likeness (QED) is 0.928. The fourth-order valence-corrected chi connectivity index (χ4v) is 2.28. The predicted molar refractivity (Wildman–Crippen MR) is 82.8 cm³/mol. The first-order valence-corrected chi connectivity index (χ1v) is 7.03. The van der Waals surface area contributed by atoms with Crippen LogP contribution in [0, 0.1) is 11.3 Å². The van der Waals surface area contributed by atoms with E-state index in [0.29, 0.717) is 12.1 Å². The molecule has 0 aliphatic heterocycles. The van der Waals surface area contributed by atoms with Gasteiger partial charge in [0, 0.05) is 18.1 Å². The molecule has 0 aliphatic rings. The van der Waals surface area contributed by atoms with Gasteiger partial charge in [0.15, 0.2) is 0 Å². The highest BCUT2D eigenvalue weighted by Crippen LogP contribution is 2.23. The van der Waals surface area contributed by atoms with Gasteiger partial charge in [0.05, 0.1) is 17.2 Å². The van der Waals surface area contributed by atoms with Gasteiger partial charge < -0.3 is 10.0 Å². The fourth-order valence-electron chi connectivity index (χ4n) is 1.92. The van der Waals surface area contributed by atoms with Crippen molar-refractivity contribution in [3.05, 3.63) is 63.6 Å². The summed E-state index contributed by atoms with van der Waals surface area (Å²) in [6, 6.07) is 13.8. The Kier molecular flexibility index (Phi) is 4.61. The molecule has 2 rings (SSSR count). The third kappa shape index (κ3) is 3.61. The Labute approximate surface area is 131 Å². The molecule has 2 aromatic carbocycles. The molecule has 5 heteroatoms. The normalized spacial score (nSPS) is 9.95. The third-order valence-corrected chi connectivity index (χ3v) is 3.53. The van der Waals surface area contributed by atoms with Crippen molar-refractivity contribution in [2.45, 2.75) is 6.54 Å². The van der Waals surface area contributed by atoms with Crippen LogP contribution >= 0.6 is 15.9 Å². The summed E-state index contributed by atoms with van der Waals surface area (Å²) in [6.07, 6.45) is 0. The van der Waals surface area contributed by atoms with E-state index in [0.717, 1.165) is 10.0 Å². The molecule has 0 aliphatic carbocycles. The van der Waals surface area contributed by atoms with Crippen LogP contribution in [0.1, 0.15) is 21.5 Å². The maximum absolute atomic E-state index is 12.3. The zero-order valence-electron chi connectivity index (χ0n) is 11.4. The summed E-state index contributed by atoms with van der Waals surface area (Å²) in [5, 5.41) is 18.5. The zero-order chi connectivity index (χ0) is 15.4. The highest BCUT2D eigenvalue weighted by molar-refractivity contribution is 9.10. The van der Waals surface area contributed by atoms with E-state index in [-0.39, 0.29) is 17.2 Å². The van der Waals surface area contributed by atoms with E-state index in [9.17, 15) is 9.90 Å². The van der Waals surface area contributed by atoms with Gasteiger partial charge in [-0.25, -0.2) is 0 Å². The number of aromatic hydroxyl groups is 1. The number of hydrogen-bond donors (Lipinski definition) is 1. The van der Waals surface area contributed by atoms with Crippen LogP contribution in [0.2, 0.25) is 0 Å². The van der Waals surface area contributed by atoms with Gasteiger partial charge in [-0.1, -0.05) is 28.1 Å². The van der Waals surface area contributed by atoms with Crippen molar-refractivity contribution >= 4 is 21.8 Å². The van der Waals surface area contributed by atoms with Gasteiger partial charge in [0.1, 0.15) is 5.75 Å². The molecule has 0 radical (unpaired) electrons. The minimum atomic E-state index is -0.266. The molecule has 0 spiro atoms. The van der Waals surface area contributed by atoms with Gasteiger partial charge in [-0.05, 0) is 35.9 Å². The van der Waals surface area contributed by atoms with Gasteiger partial charge in [0.25, 0.3) is 5.91 Å². The number of rotatable bonds is 3. The smallest absolute Gasteiger partial charge is 0.257 e. The summed E-state index contributed by atoms with van der Waals surface area (Å²) in [5.41, 5.74) is 1.75. The standard InChI is InChI=1S/C16H13BrN2O2/c1-19(10-12-4-2-11(9-18)3-5-12)16(21)14-8-13(17)6-7-15(14)20/h2-8,20H,10H2,1H3. The maximum atomic E-state index is 12.3. The Bertz CT molecular complexity index is 705. The first-order valence-electron chi connectivity index (χ1n) is 6.24. The molecule has 0 fully saturated rings. The lowest BCUT2D eigenvalue weighted by Gasteiger charge is -2.18. The molecule has 0 bridgehead atoms. The topological polar surface area (TPSA) is 64.3 Å². The third-order valence-electron chi connectivity index (χ3n) is 3.04. The number of phenolic OH excluding ortho intramolecular Hbond substituents is 1. The molecule has 0 heterocycles. The monoisotopic (exact) mass is 344 g/mol. The minimum Gasteiger partial charge on any atom is -0.507 e. The molecule has 2 aromatic rings. The van der Waals surface area contributed by atoms with Crippen LogP contribution in [0.5, 0.6) is 5.75 Å². The SMILES string of the molecule is CN(Cc1ccc(C#N)cc1)C(=O)c1cc(Br)ccc1O. The van der Waals surface area contributed by atoms with Gasteiger partial charge >= 0.3 is 0 Å². The lowest BCUT2D eigenvalue weighted by Crippen LogP contribution is -2.26. The van der Waals surface area contributed by atoms with Crippen molar-refractivity contribution in [3.8, 4) is 11.8 Å². The molecular formula is C16H13BrN2O2. The fraction of sp³-hybridized carbons (Fsp3) is 0.125. The second-order valence-electron chi connectivity index (χ2n) is 4.63. The van der Waals surface area contributed by atoms with E-state index >= 15 is 0 Å². The molecule has 0 saturated carbocycles. The number of halogens is 1. The largest absolute Gasteiger partial charge is 0.507 e. The first-order chi connectivity index (χ1) is 10.0. The molecule has 0 unspecified atom stereocenters. The Hall–Kier alpha value is -2.32. The van der Waals surface area contributed by atoms with E-state index < -0.39 is 0 Å². The molecule has 106 valence electrons. The molecule has 1 amide bonds. The molecular weight excluding hydrogens is 332 g/mol. The maximum Gasteiger partial charge on any atom is 0.257 e. The molecule has 0 aromatic heterocycles. The average Bonchev–Trinajstić information content (AvgIpc) is 2.49.